The van der Waals surface area contributed by atoms with Crippen molar-refractivity contribution in [3.63, 3.8) is 0 Å². The maximum Gasteiger partial charge on any atom is 0.329 e. The van der Waals surface area contributed by atoms with Crippen molar-refractivity contribution in [3.8, 4) is 0 Å². The van der Waals surface area contributed by atoms with Crippen LogP contribution in [0.4, 0.5) is 0 Å². The van der Waals surface area contributed by atoms with E-state index in [0.29, 0.717) is 12.8 Å². The lowest BCUT2D eigenvalue weighted by Gasteiger charge is -2.24. The molecule has 1 amide bonds. The summed E-state index contributed by atoms with van der Waals surface area (Å²) in [4.78, 5) is 22.6. The first-order valence-electron chi connectivity index (χ1n) is 5.43. The number of hydrogen-bond acceptors (Lipinski definition) is 3. The molecule has 1 saturated heterocycles. The van der Waals surface area contributed by atoms with Crippen LogP contribution >= 0.6 is 0 Å². The van der Waals surface area contributed by atoms with Gasteiger partial charge in [0.05, 0.1) is 6.04 Å². The number of rotatable bonds is 3. The number of piperidine rings is 1. The number of hydrogen-bond donors (Lipinski definition) is 3. The molecule has 2 fully saturated rings. The molecule has 0 aromatic carbocycles. The van der Waals surface area contributed by atoms with Gasteiger partial charge in [-0.1, -0.05) is 6.42 Å². The van der Waals surface area contributed by atoms with Gasteiger partial charge in [0.15, 0.2) is 0 Å². The first kappa shape index (κ1) is 10.4. The Morgan fingerprint density at radius 1 is 1.33 bits per heavy atom. The van der Waals surface area contributed by atoms with Crippen LogP contribution in [0.25, 0.3) is 0 Å². The maximum atomic E-state index is 11.7. The van der Waals surface area contributed by atoms with Crippen molar-refractivity contribution >= 4 is 11.9 Å². The Morgan fingerprint density at radius 3 is 2.53 bits per heavy atom. The van der Waals surface area contributed by atoms with Gasteiger partial charge in [0, 0.05) is 0 Å². The Hall–Kier alpha value is -1.10. The molecule has 3 N–H and O–H groups in total. The number of amides is 1. The Balaban J connectivity index is 1.89. The summed E-state index contributed by atoms with van der Waals surface area (Å²) in [5.74, 6) is -1.07. The second-order valence-corrected chi connectivity index (χ2v) is 4.38. The standard InChI is InChI=1S/C10H16N2O3/c13-8(7-3-1-2-6-11-7)12-10(4-5-10)9(14)15/h7,11H,1-6H2,(H,12,13)(H,14,15)/t7-/m0/s1. The molecule has 0 unspecified atom stereocenters. The van der Waals surface area contributed by atoms with Crippen molar-refractivity contribution in [2.75, 3.05) is 6.54 Å². The first-order chi connectivity index (χ1) is 7.14. The fourth-order valence-corrected chi connectivity index (χ4v) is 1.92. The van der Waals surface area contributed by atoms with Gasteiger partial charge in [0.25, 0.3) is 0 Å². The minimum atomic E-state index is -0.948. The molecule has 2 aliphatic rings. The average molecular weight is 212 g/mol. The van der Waals surface area contributed by atoms with Gasteiger partial charge in [-0.2, -0.15) is 0 Å². The number of carbonyl (C=O) groups is 2. The zero-order valence-electron chi connectivity index (χ0n) is 8.58. The van der Waals surface area contributed by atoms with Crippen LogP contribution in [0.15, 0.2) is 0 Å². The summed E-state index contributed by atoms with van der Waals surface area (Å²) in [5.41, 5.74) is -0.948. The molecular weight excluding hydrogens is 196 g/mol. The average Bonchev–Trinajstić information content (AvgIpc) is 3.00. The molecule has 5 heteroatoms. The van der Waals surface area contributed by atoms with Crippen LogP contribution in [0.5, 0.6) is 0 Å². The fourth-order valence-electron chi connectivity index (χ4n) is 1.92. The highest BCUT2D eigenvalue weighted by Gasteiger charge is 2.52. The van der Waals surface area contributed by atoms with Crippen molar-refractivity contribution in [1.82, 2.24) is 10.6 Å². The molecule has 15 heavy (non-hydrogen) atoms. The molecule has 1 atom stereocenters. The summed E-state index contributed by atoms with van der Waals surface area (Å²) in [5, 5.41) is 14.7. The first-order valence-corrected chi connectivity index (χ1v) is 5.43. The quantitative estimate of drug-likeness (QED) is 0.608. The van der Waals surface area contributed by atoms with Crippen LogP contribution in [0.3, 0.4) is 0 Å². The van der Waals surface area contributed by atoms with Gasteiger partial charge in [-0.05, 0) is 32.2 Å². The number of carboxylic acids is 1. The van der Waals surface area contributed by atoms with Gasteiger partial charge in [-0.25, -0.2) is 4.79 Å². The third kappa shape index (κ3) is 2.12. The molecule has 1 aliphatic carbocycles. The van der Waals surface area contributed by atoms with Crippen molar-refractivity contribution in [3.05, 3.63) is 0 Å². The molecule has 1 heterocycles. The lowest BCUT2D eigenvalue weighted by atomic mass is 10.0. The Kier molecular flexibility index (Phi) is 2.65. The predicted molar refractivity (Wildman–Crippen MR) is 53.4 cm³/mol. The van der Waals surface area contributed by atoms with Crippen LogP contribution in [0, 0.1) is 0 Å². The van der Waals surface area contributed by atoms with Crippen molar-refractivity contribution in [1.29, 1.82) is 0 Å². The zero-order valence-corrected chi connectivity index (χ0v) is 8.58. The van der Waals surface area contributed by atoms with Crippen molar-refractivity contribution < 1.29 is 14.7 Å². The van der Waals surface area contributed by atoms with Gasteiger partial charge < -0.3 is 15.7 Å². The number of carbonyl (C=O) groups excluding carboxylic acids is 1. The topological polar surface area (TPSA) is 78.4 Å². The molecule has 5 nitrogen and oxygen atoms in total. The van der Waals surface area contributed by atoms with E-state index in [4.69, 9.17) is 5.11 Å². The summed E-state index contributed by atoms with van der Waals surface area (Å²) in [7, 11) is 0. The van der Waals surface area contributed by atoms with Crippen LogP contribution in [0.2, 0.25) is 0 Å². The molecule has 1 saturated carbocycles. The van der Waals surface area contributed by atoms with Crippen LogP contribution in [-0.2, 0) is 9.59 Å². The highest BCUT2D eigenvalue weighted by Crippen LogP contribution is 2.35. The normalized spacial score (nSPS) is 28.1. The minimum Gasteiger partial charge on any atom is -0.480 e. The summed E-state index contributed by atoms with van der Waals surface area (Å²) >= 11 is 0. The van der Waals surface area contributed by atoms with E-state index in [-0.39, 0.29) is 11.9 Å². The Morgan fingerprint density at radius 2 is 2.07 bits per heavy atom. The number of nitrogens with one attached hydrogen (secondary N) is 2. The molecular formula is C10H16N2O3. The minimum absolute atomic E-state index is 0.158. The Bertz CT molecular complexity index is 280. The molecule has 2 rings (SSSR count). The Labute approximate surface area is 88.2 Å². The molecule has 84 valence electrons. The summed E-state index contributed by atoms with van der Waals surface area (Å²) in [6.07, 6.45) is 4.04. The second kappa shape index (κ2) is 3.81. The summed E-state index contributed by atoms with van der Waals surface area (Å²) in [6, 6.07) is -0.199. The number of aliphatic carboxylic acids is 1. The lowest BCUT2D eigenvalue weighted by molar-refractivity contribution is -0.143. The molecule has 0 spiro atoms. The van der Waals surface area contributed by atoms with Crippen molar-refractivity contribution in [2.24, 2.45) is 0 Å². The smallest absolute Gasteiger partial charge is 0.329 e. The highest BCUT2D eigenvalue weighted by molar-refractivity contribution is 5.91. The van der Waals surface area contributed by atoms with Gasteiger partial charge >= 0.3 is 5.97 Å². The fraction of sp³-hybridized carbons (Fsp3) is 0.800. The molecule has 0 aromatic heterocycles. The largest absolute Gasteiger partial charge is 0.480 e. The van der Waals surface area contributed by atoms with Gasteiger partial charge in [0.1, 0.15) is 5.54 Å². The monoisotopic (exact) mass is 212 g/mol. The zero-order chi connectivity index (χ0) is 10.9. The lowest BCUT2D eigenvalue weighted by Crippen LogP contribution is -2.52. The third-order valence-corrected chi connectivity index (χ3v) is 3.15. The number of carboxylic acid groups (broad SMARTS) is 1. The van der Waals surface area contributed by atoms with E-state index >= 15 is 0 Å². The molecule has 0 radical (unpaired) electrons. The maximum absolute atomic E-state index is 11.7. The van der Waals surface area contributed by atoms with Crippen LogP contribution in [0.1, 0.15) is 32.1 Å². The van der Waals surface area contributed by atoms with Crippen LogP contribution < -0.4 is 10.6 Å². The van der Waals surface area contributed by atoms with E-state index < -0.39 is 11.5 Å². The molecule has 0 bridgehead atoms. The van der Waals surface area contributed by atoms with E-state index in [0.717, 1.165) is 25.8 Å². The predicted octanol–water partition coefficient (Wildman–Crippen LogP) is -0.138. The third-order valence-electron chi connectivity index (χ3n) is 3.15. The summed E-state index contributed by atoms with van der Waals surface area (Å²) < 4.78 is 0. The van der Waals surface area contributed by atoms with Crippen LogP contribution in [-0.4, -0.2) is 35.1 Å². The van der Waals surface area contributed by atoms with Gasteiger partial charge in [-0.3, -0.25) is 4.79 Å². The van der Waals surface area contributed by atoms with Crippen molar-refractivity contribution in [2.45, 2.75) is 43.7 Å². The van der Waals surface area contributed by atoms with E-state index in [2.05, 4.69) is 10.6 Å². The SMILES string of the molecule is O=C(NC1(C(=O)O)CC1)[C@@H]1CCCCN1. The van der Waals surface area contributed by atoms with E-state index in [1.807, 2.05) is 0 Å². The highest BCUT2D eigenvalue weighted by atomic mass is 16.4. The van der Waals surface area contributed by atoms with E-state index in [1.165, 1.54) is 0 Å². The second-order valence-electron chi connectivity index (χ2n) is 4.38. The molecule has 1 aliphatic heterocycles. The summed E-state index contributed by atoms with van der Waals surface area (Å²) in [6.45, 7) is 0.845. The molecule has 0 aromatic rings. The van der Waals surface area contributed by atoms with Gasteiger partial charge in [-0.15, -0.1) is 0 Å². The van der Waals surface area contributed by atoms with E-state index in [1.54, 1.807) is 0 Å². The van der Waals surface area contributed by atoms with E-state index in [9.17, 15) is 9.59 Å². The van der Waals surface area contributed by atoms with Gasteiger partial charge in [0.2, 0.25) is 5.91 Å².